The van der Waals surface area contributed by atoms with Gasteiger partial charge in [0.1, 0.15) is 12.7 Å². The Morgan fingerprint density at radius 1 is 0.857 bits per heavy atom. The molecule has 146 valence electrons. The van der Waals surface area contributed by atoms with Gasteiger partial charge >= 0.3 is 17.9 Å². The Labute approximate surface area is 163 Å². The van der Waals surface area contributed by atoms with Crippen LogP contribution in [-0.2, 0) is 30.4 Å². The van der Waals surface area contributed by atoms with Gasteiger partial charge in [-0.15, -0.1) is 0 Å². The van der Waals surface area contributed by atoms with Gasteiger partial charge < -0.3 is 14.2 Å². The second-order valence-corrected chi connectivity index (χ2v) is 6.69. The van der Waals surface area contributed by atoms with E-state index in [2.05, 4.69) is 0 Å². The van der Waals surface area contributed by atoms with E-state index in [1.165, 1.54) is 7.11 Å². The first-order valence-electron chi connectivity index (χ1n) is 9.13. The largest absolute Gasteiger partial charge is 0.469 e. The van der Waals surface area contributed by atoms with E-state index in [0.29, 0.717) is 5.56 Å². The first-order valence-corrected chi connectivity index (χ1v) is 9.13. The zero-order valence-electron chi connectivity index (χ0n) is 15.6. The lowest BCUT2D eigenvalue weighted by Gasteiger charge is -2.15. The van der Waals surface area contributed by atoms with Gasteiger partial charge in [0.15, 0.2) is 0 Å². The van der Waals surface area contributed by atoms with Crippen LogP contribution in [0.1, 0.15) is 28.8 Å². The van der Waals surface area contributed by atoms with Gasteiger partial charge in [-0.1, -0.05) is 48.5 Å². The lowest BCUT2D eigenvalue weighted by molar-refractivity contribution is -0.158. The Morgan fingerprint density at radius 2 is 1.43 bits per heavy atom. The highest BCUT2D eigenvalue weighted by Crippen LogP contribution is 2.36. The highest BCUT2D eigenvalue weighted by molar-refractivity contribution is 5.89. The normalized spacial score (nSPS) is 21.0. The molecule has 0 bridgehead atoms. The monoisotopic (exact) mass is 382 g/mol. The number of ether oxygens (including phenoxy) is 3. The molecule has 2 aromatic rings. The van der Waals surface area contributed by atoms with Crippen molar-refractivity contribution in [2.75, 3.05) is 7.11 Å². The third-order valence-electron chi connectivity index (χ3n) is 4.83. The van der Waals surface area contributed by atoms with E-state index in [0.717, 1.165) is 5.56 Å². The van der Waals surface area contributed by atoms with Crippen molar-refractivity contribution in [2.24, 2.45) is 11.8 Å². The molecular weight excluding hydrogens is 360 g/mol. The number of hydrogen-bond acceptors (Lipinski definition) is 6. The van der Waals surface area contributed by atoms with Crippen molar-refractivity contribution in [3.8, 4) is 0 Å². The van der Waals surface area contributed by atoms with Crippen LogP contribution in [0.25, 0.3) is 0 Å². The van der Waals surface area contributed by atoms with Crippen LogP contribution in [0.2, 0.25) is 0 Å². The maximum Gasteiger partial charge on any atom is 0.338 e. The lowest BCUT2D eigenvalue weighted by atomic mass is 9.96. The Hall–Kier alpha value is -3.15. The molecule has 2 aromatic carbocycles. The fourth-order valence-corrected chi connectivity index (χ4v) is 3.39. The van der Waals surface area contributed by atoms with E-state index >= 15 is 0 Å². The highest BCUT2D eigenvalue weighted by Gasteiger charge is 2.46. The van der Waals surface area contributed by atoms with Crippen molar-refractivity contribution in [3.63, 3.8) is 0 Å². The van der Waals surface area contributed by atoms with Crippen molar-refractivity contribution in [1.82, 2.24) is 0 Å². The Balaban J connectivity index is 1.64. The quantitative estimate of drug-likeness (QED) is 0.564. The van der Waals surface area contributed by atoms with E-state index in [-0.39, 0.29) is 19.4 Å². The number of carbonyl (C=O) groups excluding carboxylic acids is 3. The van der Waals surface area contributed by atoms with Crippen molar-refractivity contribution in [1.29, 1.82) is 0 Å². The topological polar surface area (TPSA) is 78.9 Å². The van der Waals surface area contributed by atoms with Crippen molar-refractivity contribution in [3.05, 3.63) is 71.8 Å². The van der Waals surface area contributed by atoms with Gasteiger partial charge in [-0.25, -0.2) is 4.79 Å². The van der Waals surface area contributed by atoms with Crippen LogP contribution < -0.4 is 0 Å². The second-order valence-electron chi connectivity index (χ2n) is 6.69. The van der Waals surface area contributed by atoms with E-state index in [1.807, 2.05) is 30.3 Å². The summed E-state index contributed by atoms with van der Waals surface area (Å²) in [6.07, 6.45) is -0.0893. The zero-order chi connectivity index (χ0) is 19.9. The molecule has 0 aliphatic heterocycles. The maximum atomic E-state index is 12.6. The summed E-state index contributed by atoms with van der Waals surface area (Å²) >= 11 is 0. The molecule has 28 heavy (non-hydrogen) atoms. The number of methoxy groups -OCH3 is 1. The van der Waals surface area contributed by atoms with Gasteiger partial charge in [-0.2, -0.15) is 0 Å². The van der Waals surface area contributed by atoms with E-state index < -0.39 is 35.8 Å². The summed E-state index contributed by atoms with van der Waals surface area (Å²) in [7, 11) is 1.28. The first kappa shape index (κ1) is 19.6. The molecule has 0 aromatic heterocycles. The minimum absolute atomic E-state index is 0.124. The molecule has 0 saturated heterocycles. The summed E-state index contributed by atoms with van der Waals surface area (Å²) in [5.74, 6) is -2.86. The minimum Gasteiger partial charge on any atom is -0.469 e. The molecule has 1 fully saturated rings. The third kappa shape index (κ3) is 4.76. The van der Waals surface area contributed by atoms with E-state index in [4.69, 9.17) is 14.2 Å². The summed E-state index contributed by atoms with van der Waals surface area (Å²) in [5.41, 5.74) is 1.28. The standard InChI is InChI=1S/C22H22O6/c1-26-21(24)18-12-17(28-20(23)16-10-6-3-7-11-16)13-19(18)22(25)27-14-15-8-4-2-5-9-15/h2-11,17-19H,12-14H2,1H3. The van der Waals surface area contributed by atoms with Crippen LogP contribution in [0.15, 0.2) is 60.7 Å². The molecule has 3 rings (SSSR count). The van der Waals surface area contributed by atoms with Crippen LogP contribution >= 0.6 is 0 Å². The van der Waals surface area contributed by atoms with Gasteiger partial charge in [-0.05, 0) is 30.5 Å². The van der Waals surface area contributed by atoms with Crippen LogP contribution in [-0.4, -0.2) is 31.1 Å². The molecule has 1 aliphatic carbocycles. The predicted molar refractivity (Wildman–Crippen MR) is 100 cm³/mol. The number of carbonyl (C=O) groups is 3. The van der Waals surface area contributed by atoms with Crippen LogP contribution in [0, 0.1) is 11.8 Å². The number of esters is 3. The molecule has 1 saturated carbocycles. The van der Waals surface area contributed by atoms with E-state index in [9.17, 15) is 14.4 Å². The lowest BCUT2D eigenvalue weighted by Crippen LogP contribution is -2.27. The number of rotatable bonds is 6. The zero-order valence-corrected chi connectivity index (χ0v) is 15.6. The van der Waals surface area contributed by atoms with Gasteiger partial charge in [0.25, 0.3) is 0 Å². The summed E-state index contributed by atoms with van der Waals surface area (Å²) in [6.45, 7) is 0.124. The molecule has 6 heteroatoms. The van der Waals surface area contributed by atoms with Gasteiger partial charge in [0.05, 0.1) is 24.5 Å². The average Bonchev–Trinajstić information content (AvgIpc) is 3.16. The predicted octanol–water partition coefficient (Wildman–Crippen LogP) is 3.15. The Morgan fingerprint density at radius 3 is 2.04 bits per heavy atom. The van der Waals surface area contributed by atoms with Crippen molar-refractivity contribution in [2.45, 2.75) is 25.6 Å². The van der Waals surface area contributed by atoms with Gasteiger partial charge in [0, 0.05) is 0 Å². The van der Waals surface area contributed by atoms with E-state index in [1.54, 1.807) is 30.3 Å². The maximum absolute atomic E-state index is 12.6. The molecule has 0 N–H and O–H groups in total. The molecule has 0 heterocycles. The molecule has 0 spiro atoms. The number of benzene rings is 2. The van der Waals surface area contributed by atoms with Gasteiger partial charge in [-0.3, -0.25) is 9.59 Å². The molecular formula is C22H22O6. The summed E-state index contributed by atoms with van der Waals surface area (Å²) in [5, 5.41) is 0. The fourth-order valence-electron chi connectivity index (χ4n) is 3.39. The summed E-state index contributed by atoms with van der Waals surface area (Å²) in [4.78, 5) is 37.0. The summed E-state index contributed by atoms with van der Waals surface area (Å²) < 4.78 is 15.7. The third-order valence-corrected chi connectivity index (χ3v) is 4.83. The molecule has 0 amide bonds. The summed E-state index contributed by atoms with van der Waals surface area (Å²) in [6, 6.07) is 17.9. The second kappa shape index (κ2) is 9.17. The SMILES string of the molecule is COC(=O)C1CC(OC(=O)c2ccccc2)CC1C(=O)OCc1ccccc1. The average molecular weight is 382 g/mol. The van der Waals surface area contributed by atoms with Crippen LogP contribution in [0.5, 0.6) is 0 Å². The fraction of sp³-hybridized carbons (Fsp3) is 0.318. The highest BCUT2D eigenvalue weighted by atomic mass is 16.6. The van der Waals surface area contributed by atoms with Crippen molar-refractivity contribution < 1.29 is 28.6 Å². The molecule has 3 atom stereocenters. The minimum atomic E-state index is -0.704. The molecule has 1 aliphatic rings. The Bertz CT molecular complexity index is 817. The Kier molecular flexibility index (Phi) is 6.42. The number of hydrogen-bond donors (Lipinski definition) is 0. The molecule has 6 nitrogen and oxygen atoms in total. The van der Waals surface area contributed by atoms with Crippen LogP contribution in [0.4, 0.5) is 0 Å². The molecule has 3 unspecified atom stereocenters. The molecule has 0 radical (unpaired) electrons. The van der Waals surface area contributed by atoms with Gasteiger partial charge in [0.2, 0.25) is 0 Å². The smallest absolute Gasteiger partial charge is 0.338 e. The van der Waals surface area contributed by atoms with Crippen LogP contribution in [0.3, 0.4) is 0 Å². The van der Waals surface area contributed by atoms with Crippen molar-refractivity contribution >= 4 is 17.9 Å². The first-order chi connectivity index (χ1) is 13.6.